The Morgan fingerprint density at radius 1 is 1.12 bits per heavy atom. The van der Waals surface area contributed by atoms with Gasteiger partial charge < -0.3 is 14.9 Å². The maximum atomic E-state index is 10.3. The van der Waals surface area contributed by atoms with Crippen LogP contribution in [0.2, 0.25) is 0 Å². The third-order valence-corrected chi connectivity index (χ3v) is 3.55. The van der Waals surface area contributed by atoms with Crippen molar-refractivity contribution < 1.29 is 14.9 Å². The van der Waals surface area contributed by atoms with Crippen LogP contribution in [0.15, 0.2) is 35.9 Å². The summed E-state index contributed by atoms with van der Waals surface area (Å²) in [5.74, 6) is 1.03. The number of pyridine rings is 1. The van der Waals surface area contributed by atoms with Crippen LogP contribution in [0.5, 0.6) is 17.2 Å². The van der Waals surface area contributed by atoms with Crippen molar-refractivity contribution in [1.82, 2.24) is 4.98 Å². The number of aromatic nitrogens is 1. The topological polar surface area (TPSA) is 62.6 Å². The van der Waals surface area contributed by atoms with Gasteiger partial charge in [0.1, 0.15) is 17.2 Å². The standard InChI is InChI=1S/C20H23NO3/c1-13(2)5-8-18-19(23)10-15(11-20(18)24-4)6-7-16-12-17(22)9-14(3)21-16/h5-7,9-12,23H,8H2,1-4H3,(H,21,22)/b7-6+. The second-order valence-corrected chi connectivity index (χ2v) is 5.93. The Morgan fingerprint density at radius 3 is 2.50 bits per heavy atom. The van der Waals surface area contributed by atoms with E-state index in [1.54, 1.807) is 31.4 Å². The number of rotatable bonds is 5. The number of benzene rings is 1. The van der Waals surface area contributed by atoms with E-state index in [-0.39, 0.29) is 11.5 Å². The van der Waals surface area contributed by atoms with Crippen LogP contribution in [-0.2, 0) is 6.42 Å². The minimum Gasteiger partial charge on any atom is -0.508 e. The number of hydrogen-bond acceptors (Lipinski definition) is 4. The summed E-state index contributed by atoms with van der Waals surface area (Å²) < 4.78 is 5.41. The molecule has 2 N–H and O–H groups in total. The normalized spacial score (nSPS) is 10.8. The molecule has 0 saturated carbocycles. The molecule has 4 heteroatoms. The fraction of sp³-hybridized carbons (Fsp3) is 0.250. The monoisotopic (exact) mass is 325 g/mol. The summed E-state index contributed by atoms with van der Waals surface area (Å²) in [6.07, 6.45) is 6.28. The number of phenolic OH excluding ortho intramolecular Hbond substituents is 1. The average molecular weight is 325 g/mol. The molecule has 0 atom stereocenters. The van der Waals surface area contributed by atoms with Crippen molar-refractivity contribution in [1.29, 1.82) is 0 Å². The van der Waals surface area contributed by atoms with Gasteiger partial charge >= 0.3 is 0 Å². The molecule has 24 heavy (non-hydrogen) atoms. The molecular formula is C20H23NO3. The second-order valence-electron chi connectivity index (χ2n) is 5.93. The molecule has 2 rings (SSSR count). The van der Waals surface area contributed by atoms with Gasteiger partial charge in [-0.2, -0.15) is 0 Å². The Morgan fingerprint density at radius 2 is 1.88 bits per heavy atom. The van der Waals surface area contributed by atoms with Crippen LogP contribution in [0, 0.1) is 6.92 Å². The highest BCUT2D eigenvalue weighted by molar-refractivity contribution is 5.71. The van der Waals surface area contributed by atoms with Crippen molar-refractivity contribution >= 4 is 12.2 Å². The van der Waals surface area contributed by atoms with Gasteiger partial charge in [-0.3, -0.25) is 4.98 Å². The van der Waals surface area contributed by atoms with Gasteiger partial charge in [0.25, 0.3) is 0 Å². The molecule has 0 spiro atoms. The van der Waals surface area contributed by atoms with Crippen LogP contribution >= 0.6 is 0 Å². The van der Waals surface area contributed by atoms with E-state index in [2.05, 4.69) is 4.98 Å². The van der Waals surface area contributed by atoms with Crippen LogP contribution in [0.4, 0.5) is 0 Å². The second kappa shape index (κ2) is 7.68. The van der Waals surface area contributed by atoms with Gasteiger partial charge in [0.2, 0.25) is 0 Å². The zero-order chi connectivity index (χ0) is 17.7. The first-order valence-corrected chi connectivity index (χ1v) is 7.78. The lowest BCUT2D eigenvalue weighted by Gasteiger charge is -2.10. The fourth-order valence-corrected chi connectivity index (χ4v) is 2.38. The van der Waals surface area contributed by atoms with Gasteiger partial charge in [0.15, 0.2) is 0 Å². The van der Waals surface area contributed by atoms with E-state index >= 15 is 0 Å². The first kappa shape index (κ1) is 17.6. The molecule has 4 nitrogen and oxygen atoms in total. The molecule has 1 aromatic carbocycles. The first-order chi connectivity index (χ1) is 11.4. The fourth-order valence-electron chi connectivity index (χ4n) is 2.38. The van der Waals surface area contributed by atoms with Crippen molar-refractivity contribution in [2.75, 3.05) is 7.11 Å². The molecule has 126 valence electrons. The van der Waals surface area contributed by atoms with Gasteiger partial charge in [-0.1, -0.05) is 17.7 Å². The SMILES string of the molecule is COc1cc(/C=C/c2cc(O)cc(C)n2)cc(O)c1CC=C(C)C. The smallest absolute Gasteiger partial charge is 0.126 e. The van der Waals surface area contributed by atoms with E-state index < -0.39 is 0 Å². The van der Waals surface area contributed by atoms with Crippen LogP contribution in [0.25, 0.3) is 12.2 Å². The van der Waals surface area contributed by atoms with E-state index in [9.17, 15) is 10.2 Å². The number of aryl methyl sites for hydroxylation is 1. The molecule has 0 fully saturated rings. The van der Waals surface area contributed by atoms with Crippen LogP contribution < -0.4 is 4.74 Å². The minimum atomic E-state index is 0.180. The Hall–Kier alpha value is -2.75. The molecule has 0 saturated heterocycles. The van der Waals surface area contributed by atoms with E-state index in [4.69, 9.17) is 4.74 Å². The molecule has 1 heterocycles. The first-order valence-electron chi connectivity index (χ1n) is 7.78. The van der Waals surface area contributed by atoms with Gasteiger partial charge in [0.05, 0.1) is 12.8 Å². The van der Waals surface area contributed by atoms with Gasteiger partial charge in [-0.25, -0.2) is 0 Å². The number of nitrogens with zero attached hydrogens (tertiary/aromatic N) is 1. The lowest BCUT2D eigenvalue weighted by molar-refractivity contribution is 0.401. The summed E-state index contributed by atoms with van der Waals surface area (Å²) in [4.78, 5) is 4.33. The summed E-state index contributed by atoms with van der Waals surface area (Å²) in [5.41, 5.74) is 4.15. The molecule has 0 unspecified atom stereocenters. The number of hydrogen-bond donors (Lipinski definition) is 2. The third-order valence-electron chi connectivity index (χ3n) is 3.55. The van der Waals surface area contributed by atoms with Crippen molar-refractivity contribution in [3.63, 3.8) is 0 Å². The molecule has 0 aliphatic heterocycles. The summed E-state index contributed by atoms with van der Waals surface area (Å²) >= 11 is 0. The highest BCUT2D eigenvalue weighted by Gasteiger charge is 2.09. The quantitative estimate of drug-likeness (QED) is 0.795. The number of aromatic hydroxyl groups is 2. The van der Waals surface area contributed by atoms with Gasteiger partial charge in [0, 0.05) is 23.4 Å². The van der Waals surface area contributed by atoms with Crippen molar-refractivity contribution in [2.24, 2.45) is 0 Å². The number of ether oxygens (including phenoxy) is 1. The molecule has 0 amide bonds. The highest BCUT2D eigenvalue weighted by atomic mass is 16.5. The van der Waals surface area contributed by atoms with Crippen LogP contribution in [-0.4, -0.2) is 22.3 Å². The zero-order valence-electron chi connectivity index (χ0n) is 14.5. The highest BCUT2D eigenvalue weighted by Crippen LogP contribution is 2.31. The third kappa shape index (κ3) is 4.62. The molecule has 0 bridgehead atoms. The molecule has 1 aromatic heterocycles. The Labute approximate surface area is 142 Å². The average Bonchev–Trinajstić information content (AvgIpc) is 2.50. The summed E-state index contributed by atoms with van der Waals surface area (Å²) in [6, 6.07) is 6.76. The van der Waals surface area contributed by atoms with Gasteiger partial charge in [-0.15, -0.1) is 0 Å². The number of allylic oxidation sites excluding steroid dienone is 2. The molecule has 2 aromatic rings. The summed E-state index contributed by atoms with van der Waals surface area (Å²) in [7, 11) is 1.59. The van der Waals surface area contributed by atoms with Crippen LogP contribution in [0.1, 0.15) is 36.4 Å². The number of methoxy groups -OCH3 is 1. The van der Waals surface area contributed by atoms with Crippen molar-refractivity contribution in [3.05, 3.63) is 58.4 Å². The number of phenols is 1. The maximum Gasteiger partial charge on any atom is 0.126 e. The van der Waals surface area contributed by atoms with E-state index in [0.717, 1.165) is 16.8 Å². The zero-order valence-corrected chi connectivity index (χ0v) is 14.5. The largest absolute Gasteiger partial charge is 0.508 e. The predicted molar refractivity (Wildman–Crippen MR) is 97.4 cm³/mol. The minimum absolute atomic E-state index is 0.180. The van der Waals surface area contributed by atoms with Crippen molar-refractivity contribution in [2.45, 2.75) is 27.2 Å². The lowest BCUT2D eigenvalue weighted by Crippen LogP contribution is -1.93. The molecular weight excluding hydrogens is 302 g/mol. The molecule has 0 aliphatic carbocycles. The Balaban J connectivity index is 2.32. The Bertz CT molecular complexity index is 767. The predicted octanol–water partition coefficient (Wildman–Crippen LogP) is 4.49. The lowest BCUT2D eigenvalue weighted by atomic mass is 10.0. The van der Waals surface area contributed by atoms with Crippen molar-refractivity contribution in [3.8, 4) is 17.2 Å². The van der Waals surface area contributed by atoms with Crippen LogP contribution in [0.3, 0.4) is 0 Å². The Kier molecular flexibility index (Phi) is 5.64. The summed E-state index contributed by atoms with van der Waals surface area (Å²) in [5, 5.41) is 19.9. The molecule has 0 radical (unpaired) electrons. The van der Waals surface area contributed by atoms with Gasteiger partial charge in [-0.05, 0) is 51.0 Å². The van der Waals surface area contributed by atoms with E-state index in [1.165, 1.54) is 5.57 Å². The molecule has 0 aliphatic rings. The van der Waals surface area contributed by atoms with E-state index in [1.807, 2.05) is 39.0 Å². The summed E-state index contributed by atoms with van der Waals surface area (Å²) in [6.45, 7) is 5.86. The van der Waals surface area contributed by atoms with E-state index in [0.29, 0.717) is 17.9 Å². The maximum absolute atomic E-state index is 10.3.